The zero-order chi connectivity index (χ0) is 13.9. The number of rotatable bonds is 2. The minimum atomic E-state index is 0.150. The maximum Gasteiger partial charge on any atom is 0.135 e. The van der Waals surface area contributed by atoms with E-state index in [1.165, 1.54) is 5.57 Å². The maximum atomic E-state index is 5.99. The van der Waals surface area contributed by atoms with Crippen LogP contribution >= 0.6 is 0 Å². The summed E-state index contributed by atoms with van der Waals surface area (Å²) in [6.45, 7) is 0.802. The zero-order valence-corrected chi connectivity index (χ0v) is 12.1. The first kappa shape index (κ1) is 12.0. The van der Waals surface area contributed by atoms with Crippen LogP contribution in [0, 0.1) is 5.92 Å². The number of aromatic nitrogens is 2. The largest absolute Gasteiger partial charge is 0.500 e. The highest BCUT2D eigenvalue weighted by Crippen LogP contribution is 2.54. The Morgan fingerprint density at radius 1 is 1.45 bits per heavy atom. The molecule has 2 atom stereocenters. The van der Waals surface area contributed by atoms with Gasteiger partial charge in [0.2, 0.25) is 0 Å². The van der Waals surface area contributed by atoms with Crippen molar-refractivity contribution >= 4 is 5.70 Å². The molecule has 1 aliphatic carbocycles. The number of imidazole rings is 1. The topological polar surface area (TPSA) is 39.5 Å². The third-order valence-electron chi connectivity index (χ3n) is 4.45. The molecule has 1 fully saturated rings. The van der Waals surface area contributed by atoms with E-state index >= 15 is 0 Å². The molecule has 0 N–H and O–H groups in total. The molecule has 5 nitrogen and oxygen atoms in total. The van der Waals surface area contributed by atoms with E-state index in [1.807, 2.05) is 12.4 Å². The molecular weight excluding hydrogens is 254 g/mol. The van der Waals surface area contributed by atoms with Crippen molar-refractivity contribution in [3.63, 3.8) is 0 Å². The number of likely N-dealkylation sites (N-methyl/N-ethyl adjacent to an activating group) is 1. The Bertz CT molecular complexity index is 627. The summed E-state index contributed by atoms with van der Waals surface area (Å²) < 4.78 is 13.9. The quantitative estimate of drug-likeness (QED) is 0.826. The molecule has 4 rings (SSSR count). The summed E-state index contributed by atoms with van der Waals surface area (Å²) in [5.41, 5.74) is 2.40. The third kappa shape index (κ3) is 1.33. The molecule has 0 spiro atoms. The molecule has 0 bridgehead atoms. The predicted octanol–water partition coefficient (Wildman–Crippen LogP) is 2.01. The van der Waals surface area contributed by atoms with Crippen molar-refractivity contribution in [1.29, 1.82) is 0 Å². The first-order valence-corrected chi connectivity index (χ1v) is 7.09. The van der Waals surface area contributed by atoms with E-state index in [9.17, 15) is 0 Å². The summed E-state index contributed by atoms with van der Waals surface area (Å²) in [7, 11) is 5.94. The molecule has 3 aliphatic rings. The van der Waals surface area contributed by atoms with Crippen LogP contribution in [0.2, 0.25) is 0 Å². The van der Waals surface area contributed by atoms with Crippen LogP contribution in [0.4, 0.5) is 0 Å². The van der Waals surface area contributed by atoms with E-state index < -0.39 is 0 Å². The van der Waals surface area contributed by atoms with Crippen LogP contribution in [0.1, 0.15) is 24.7 Å². The van der Waals surface area contributed by atoms with Crippen LogP contribution in [-0.2, 0) is 9.47 Å². The van der Waals surface area contributed by atoms with Crippen LogP contribution in [0.25, 0.3) is 5.70 Å². The maximum absolute atomic E-state index is 5.99. The summed E-state index contributed by atoms with van der Waals surface area (Å²) in [6, 6.07) is 0.150. The average Bonchev–Trinajstić information content (AvgIpc) is 3.06. The highest BCUT2D eigenvalue weighted by molar-refractivity contribution is 5.79. The number of nitrogens with zero attached hydrogens (tertiary/aromatic N) is 3. The second-order valence-corrected chi connectivity index (χ2v) is 5.76. The average molecular weight is 273 g/mol. The van der Waals surface area contributed by atoms with Crippen molar-refractivity contribution in [2.24, 2.45) is 5.92 Å². The van der Waals surface area contributed by atoms with Crippen molar-refractivity contribution in [1.82, 2.24) is 14.5 Å². The van der Waals surface area contributed by atoms with E-state index in [-0.39, 0.29) is 12.0 Å². The summed E-state index contributed by atoms with van der Waals surface area (Å²) in [4.78, 5) is 6.72. The Kier molecular flexibility index (Phi) is 2.48. The Balaban J connectivity index is 1.97. The van der Waals surface area contributed by atoms with Gasteiger partial charge in [0.25, 0.3) is 0 Å². The van der Waals surface area contributed by atoms with E-state index in [0.717, 1.165) is 42.5 Å². The van der Waals surface area contributed by atoms with Crippen LogP contribution < -0.4 is 0 Å². The number of hydrogen-bond donors (Lipinski definition) is 0. The molecule has 1 saturated heterocycles. The van der Waals surface area contributed by atoms with Gasteiger partial charge in [-0.1, -0.05) is 0 Å². The van der Waals surface area contributed by atoms with Crippen LogP contribution in [0.15, 0.2) is 29.5 Å². The van der Waals surface area contributed by atoms with Crippen LogP contribution in [-0.4, -0.2) is 42.3 Å². The van der Waals surface area contributed by atoms with E-state index in [4.69, 9.17) is 9.47 Å². The van der Waals surface area contributed by atoms with Crippen molar-refractivity contribution in [2.75, 3.05) is 27.8 Å². The van der Waals surface area contributed by atoms with Crippen LogP contribution in [0.5, 0.6) is 0 Å². The van der Waals surface area contributed by atoms with Gasteiger partial charge in [-0.05, 0) is 26.9 Å². The molecule has 0 amide bonds. The lowest BCUT2D eigenvalue weighted by Crippen LogP contribution is -2.22. The lowest BCUT2D eigenvalue weighted by molar-refractivity contribution is 0.117. The summed E-state index contributed by atoms with van der Waals surface area (Å²) in [5, 5.41) is 0. The zero-order valence-electron chi connectivity index (χ0n) is 12.1. The van der Waals surface area contributed by atoms with Gasteiger partial charge in [0.05, 0.1) is 31.4 Å². The monoisotopic (exact) mass is 273 g/mol. The van der Waals surface area contributed by atoms with Gasteiger partial charge in [-0.15, -0.1) is 0 Å². The molecule has 20 heavy (non-hydrogen) atoms. The Labute approximate surface area is 118 Å². The third-order valence-corrected chi connectivity index (χ3v) is 4.45. The fraction of sp³-hybridized carbons (Fsp3) is 0.533. The van der Waals surface area contributed by atoms with Gasteiger partial charge in [0.15, 0.2) is 0 Å². The first-order chi connectivity index (χ1) is 9.74. The molecule has 0 unspecified atom stereocenters. The number of fused-ring (bicyclic) bond motifs is 4. The van der Waals surface area contributed by atoms with E-state index in [0.29, 0.717) is 0 Å². The van der Waals surface area contributed by atoms with Crippen molar-refractivity contribution in [3.8, 4) is 0 Å². The molecule has 2 aliphatic heterocycles. The predicted molar refractivity (Wildman–Crippen MR) is 74.6 cm³/mol. The molecule has 1 aromatic heterocycles. The van der Waals surface area contributed by atoms with Gasteiger partial charge >= 0.3 is 0 Å². The second-order valence-electron chi connectivity index (χ2n) is 5.76. The second kappa shape index (κ2) is 4.12. The van der Waals surface area contributed by atoms with Gasteiger partial charge in [0, 0.05) is 18.0 Å². The lowest BCUT2D eigenvalue weighted by atomic mass is 9.98. The molecule has 106 valence electrons. The fourth-order valence-corrected chi connectivity index (χ4v) is 3.71. The Morgan fingerprint density at radius 3 is 3.05 bits per heavy atom. The summed E-state index contributed by atoms with van der Waals surface area (Å²) in [6.07, 6.45) is 6.08. The minimum Gasteiger partial charge on any atom is -0.500 e. The standard InChI is InChI=1S/C15H19N3O2/c1-17(2)12-10-11(18-7-6-16-15(12)18)14-9(13(10)19-3)5-4-8-20-14/h6-7,9,12H,4-5,8H2,1-3H3/t9-,12-/m1/s1. The first-order valence-electron chi connectivity index (χ1n) is 7.09. The molecule has 0 aromatic carbocycles. The van der Waals surface area contributed by atoms with Gasteiger partial charge in [0.1, 0.15) is 17.3 Å². The van der Waals surface area contributed by atoms with Gasteiger partial charge < -0.3 is 9.47 Å². The van der Waals surface area contributed by atoms with Crippen molar-refractivity contribution in [2.45, 2.75) is 18.9 Å². The summed E-state index contributed by atoms with van der Waals surface area (Å²) in [5.74, 6) is 3.48. The molecular formula is C15H19N3O2. The minimum absolute atomic E-state index is 0.150. The number of hydrogen-bond acceptors (Lipinski definition) is 4. The summed E-state index contributed by atoms with van der Waals surface area (Å²) >= 11 is 0. The van der Waals surface area contributed by atoms with Crippen molar-refractivity contribution in [3.05, 3.63) is 35.3 Å². The smallest absolute Gasteiger partial charge is 0.135 e. The van der Waals surface area contributed by atoms with Gasteiger partial charge in [-0.25, -0.2) is 4.98 Å². The van der Waals surface area contributed by atoms with Gasteiger partial charge in [-0.3, -0.25) is 9.47 Å². The Morgan fingerprint density at radius 2 is 2.30 bits per heavy atom. The molecule has 0 radical (unpaired) electrons. The lowest BCUT2D eigenvalue weighted by Gasteiger charge is -2.25. The van der Waals surface area contributed by atoms with Crippen molar-refractivity contribution < 1.29 is 9.47 Å². The van der Waals surface area contributed by atoms with E-state index in [2.05, 4.69) is 28.5 Å². The Hall–Kier alpha value is -1.75. The van der Waals surface area contributed by atoms with E-state index in [1.54, 1.807) is 7.11 Å². The molecule has 0 saturated carbocycles. The number of ether oxygens (including phenoxy) is 2. The van der Waals surface area contributed by atoms with Gasteiger partial charge in [-0.2, -0.15) is 0 Å². The fourth-order valence-electron chi connectivity index (χ4n) is 3.71. The molecule has 1 aromatic rings. The van der Waals surface area contributed by atoms with Crippen LogP contribution in [0.3, 0.4) is 0 Å². The highest BCUT2D eigenvalue weighted by atomic mass is 16.5. The molecule has 3 heterocycles. The normalized spacial score (nSPS) is 27.6. The highest BCUT2D eigenvalue weighted by Gasteiger charge is 2.48. The number of methoxy groups -OCH3 is 1. The molecule has 5 heteroatoms. The SMILES string of the molecule is COC1=C2C(=C3OCCC[C@H]13)n1ccnc1[C@@H]2N(C)C.